The van der Waals surface area contributed by atoms with Gasteiger partial charge in [0, 0.05) is 0 Å². The monoisotopic (exact) mass is 276 g/mol. The maximum atomic E-state index is 11.5. The molecule has 0 aliphatic rings. The molecule has 0 atom stereocenters. The fourth-order valence-electron chi connectivity index (χ4n) is 0.999. The third-order valence-corrected chi connectivity index (χ3v) is 1.60. The topological polar surface area (TPSA) is 88.1 Å². The van der Waals surface area contributed by atoms with E-state index < -0.39 is 29.8 Å². The lowest BCUT2D eigenvalue weighted by molar-refractivity contribution is -0.171. The van der Waals surface area contributed by atoms with E-state index in [2.05, 4.69) is 14.2 Å². The molecule has 0 saturated carbocycles. The van der Waals surface area contributed by atoms with Gasteiger partial charge in [-0.15, -0.1) is 0 Å². The second kappa shape index (κ2) is 7.60. The van der Waals surface area contributed by atoms with Crippen LogP contribution < -0.4 is 0 Å². The summed E-state index contributed by atoms with van der Waals surface area (Å²) in [5, 5.41) is 0. The van der Waals surface area contributed by atoms with Crippen molar-refractivity contribution in [1.29, 1.82) is 0 Å². The van der Waals surface area contributed by atoms with Gasteiger partial charge in [0.05, 0.1) is 13.2 Å². The summed E-state index contributed by atoms with van der Waals surface area (Å²) in [7, 11) is 0. The van der Waals surface area contributed by atoms with Crippen molar-refractivity contribution in [3.05, 3.63) is 0 Å². The molecule has 0 fully saturated rings. The van der Waals surface area contributed by atoms with Gasteiger partial charge in [-0.05, 0) is 34.6 Å². The molecule has 0 rings (SSSR count). The Bertz CT molecular complexity index is 311. The molecule has 0 saturated heterocycles. The summed E-state index contributed by atoms with van der Waals surface area (Å²) in [5.41, 5.74) is -0.801. The Balaban J connectivity index is 4.71. The predicted octanol–water partition coefficient (Wildman–Crippen LogP) is 1.43. The molecule has 0 aliphatic heterocycles. The third kappa shape index (κ3) is 7.28. The minimum absolute atomic E-state index is 0.0480. The molecular weight excluding hydrogens is 256 g/mol. The van der Waals surface area contributed by atoms with E-state index in [1.807, 2.05) is 0 Å². The number of carbonyl (C=O) groups excluding carboxylic acids is 3. The average molecular weight is 276 g/mol. The number of ether oxygens (including phenoxy) is 4. The maximum absolute atomic E-state index is 11.5. The van der Waals surface area contributed by atoms with Crippen LogP contribution in [0.15, 0.2) is 0 Å². The smallest absolute Gasteiger partial charge is 0.463 e. The summed E-state index contributed by atoms with van der Waals surface area (Å²) in [6.07, 6.45) is -2.91. The molecule has 110 valence electrons. The zero-order valence-electron chi connectivity index (χ0n) is 11.8. The number of carbonyl (C=O) groups is 3. The van der Waals surface area contributed by atoms with E-state index in [4.69, 9.17) is 4.74 Å². The zero-order valence-corrected chi connectivity index (χ0v) is 11.8. The Morgan fingerprint density at radius 2 is 1.37 bits per heavy atom. The van der Waals surface area contributed by atoms with Gasteiger partial charge in [0.2, 0.25) is 0 Å². The van der Waals surface area contributed by atoms with Gasteiger partial charge in [0.1, 0.15) is 5.60 Å². The highest BCUT2D eigenvalue weighted by atomic mass is 16.8. The summed E-state index contributed by atoms with van der Waals surface area (Å²) in [4.78, 5) is 34.4. The molecule has 0 heterocycles. The Morgan fingerprint density at radius 3 is 1.68 bits per heavy atom. The van der Waals surface area contributed by atoms with Gasteiger partial charge in [0.25, 0.3) is 6.10 Å². The Labute approximate surface area is 112 Å². The molecule has 0 aromatic rings. The molecule has 0 aliphatic carbocycles. The van der Waals surface area contributed by atoms with Crippen LogP contribution in [0.1, 0.15) is 34.6 Å². The first-order chi connectivity index (χ1) is 8.71. The van der Waals surface area contributed by atoms with Crippen molar-refractivity contribution in [3.8, 4) is 0 Å². The number of esters is 2. The normalized spacial score (nSPS) is 10.8. The van der Waals surface area contributed by atoms with E-state index in [-0.39, 0.29) is 13.2 Å². The van der Waals surface area contributed by atoms with Crippen LogP contribution >= 0.6 is 0 Å². The lowest BCUT2D eigenvalue weighted by atomic mass is 10.2. The van der Waals surface area contributed by atoms with Crippen molar-refractivity contribution in [2.75, 3.05) is 13.2 Å². The lowest BCUT2D eigenvalue weighted by Gasteiger charge is -2.21. The molecule has 7 nitrogen and oxygen atoms in total. The first kappa shape index (κ1) is 17.2. The summed E-state index contributed by atoms with van der Waals surface area (Å²) in [6, 6.07) is 0. The van der Waals surface area contributed by atoms with Gasteiger partial charge in [-0.1, -0.05) is 0 Å². The SMILES string of the molecule is CCOC(=O)C(OC(=O)OC(C)(C)C)C(=O)OCC. The Hall–Kier alpha value is -1.79. The second-order valence-electron chi connectivity index (χ2n) is 4.47. The van der Waals surface area contributed by atoms with Crippen molar-refractivity contribution in [3.63, 3.8) is 0 Å². The standard InChI is InChI=1S/C12H20O7/c1-6-16-9(13)8(10(14)17-7-2)18-11(15)19-12(3,4)5/h8H,6-7H2,1-5H3. The maximum Gasteiger partial charge on any atom is 0.510 e. The molecule has 0 bridgehead atoms. The van der Waals surface area contributed by atoms with Crippen molar-refractivity contribution in [2.24, 2.45) is 0 Å². The van der Waals surface area contributed by atoms with Gasteiger partial charge in [0.15, 0.2) is 0 Å². The van der Waals surface area contributed by atoms with E-state index in [0.29, 0.717) is 0 Å². The molecule has 19 heavy (non-hydrogen) atoms. The minimum atomic E-state index is -1.77. The van der Waals surface area contributed by atoms with Crippen LogP contribution in [-0.2, 0) is 28.5 Å². The predicted molar refractivity (Wildman–Crippen MR) is 64.4 cm³/mol. The van der Waals surface area contributed by atoms with Crippen LogP contribution in [0.25, 0.3) is 0 Å². The van der Waals surface area contributed by atoms with Gasteiger partial charge in [-0.3, -0.25) is 0 Å². The first-order valence-electron chi connectivity index (χ1n) is 5.94. The van der Waals surface area contributed by atoms with Crippen LogP contribution in [0.4, 0.5) is 4.79 Å². The summed E-state index contributed by atoms with van der Waals surface area (Å²) >= 11 is 0. The summed E-state index contributed by atoms with van der Waals surface area (Å²) < 4.78 is 18.8. The highest BCUT2D eigenvalue weighted by Gasteiger charge is 2.35. The molecule has 0 aromatic carbocycles. The fourth-order valence-corrected chi connectivity index (χ4v) is 0.999. The van der Waals surface area contributed by atoms with E-state index in [1.165, 1.54) is 0 Å². The molecular formula is C12H20O7. The van der Waals surface area contributed by atoms with E-state index in [9.17, 15) is 14.4 Å². The minimum Gasteiger partial charge on any atom is -0.463 e. The molecule has 7 heteroatoms. The van der Waals surface area contributed by atoms with Crippen molar-refractivity contribution < 1.29 is 33.3 Å². The van der Waals surface area contributed by atoms with Gasteiger partial charge in [-0.2, -0.15) is 0 Å². The third-order valence-electron chi connectivity index (χ3n) is 1.60. The van der Waals surface area contributed by atoms with Crippen molar-refractivity contribution >= 4 is 18.1 Å². The molecule has 0 unspecified atom stereocenters. The van der Waals surface area contributed by atoms with Crippen LogP contribution in [-0.4, -0.2) is 43.0 Å². The fraction of sp³-hybridized carbons (Fsp3) is 0.750. The second-order valence-corrected chi connectivity index (χ2v) is 4.47. The van der Waals surface area contributed by atoms with Crippen molar-refractivity contribution in [1.82, 2.24) is 0 Å². The highest BCUT2D eigenvalue weighted by Crippen LogP contribution is 2.10. The number of rotatable bonds is 5. The molecule has 0 radical (unpaired) electrons. The van der Waals surface area contributed by atoms with Crippen LogP contribution in [0.3, 0.4) is 0 Å². The van der Waals surface area contributed by atoms with E-state index in [0.717, 1.165) is 0 Å². The highest BCUT2D eigenvalue weighted by molar-refractivity contribution is 5.99. The van der Waals surface area contributed by atoms with Gasteiger partial charge >= 0.3 is 18.1 Å². The van der Waals surface area contributed by atoms with Crippen LogP contribution in [0.2, 0.25) is 0 Å². The van der Waals surface area contributed by atoms with E-state index >= 15 is 0 Å². The van der Waals surface area contributed by atoms with Crippen LogP contribution in [0, 0.1) is 0 Å². The largest absolute Gasteiger partial charge is 0.510 e. The van der Waals surface area contributed by atoms with Crippen molar-refractivity contribution in [2.45, 2.75) is 46.3 Å². The number of hydrogen-bond acceptors (Lipinski definition) is 7. The lowest BCUT2D eigenvalue weighted by Crippen LogP contribution is -2.39. The molecule has 0 N–H and O–H groups in total. The number of hydrogen-bond donors (Lipinski definition) is 0. The molecule has 0 aromatic heterocycles. The van der Waals surface area contributed by atoms with Gasteiger partial charge in [-0.25, -0.2) is 14.4 Å². The van der Waals surface area contributed by atoms with Crippen LogP contribution in [0.5, 0.6) is 0 Å². The molecule has 0 spiro atoms. The Morgan fingerprint density at radius 1 is 0.947 bits per heavy atom. The Kier molecular flexibility index (Phi) is 6.89. The average Bonchev–Trinajstić information content (AvgIpc) is 2.24. The van der Waals surface area contributed by atoms with Gasteiger partial charge < -0.3 is 18.9 Å². The van der Waals surface area contributed by atoms with E-state index in [1.54, 1.807) is 34.6 Å². The molecule has 0 amide bonds. The quantitative estimate of drug-likeness (QED) is 0.426. The summed E-state index contributed by atoms with van der Waals surface area (Å²) in [5.74, 6) is -1.99. The zero-order chi connectivity index (χ0) is 15.1. The summed E-state index contributed by atoms with van der Waals surface area (Å²) in [6.45, 7) is 8.09. The first-order valence-corrected chi connectivity index (χ1v) is 5.94.